The van der Waals surface area contributed by atoms with Gasteiger partial charge in [0.25, 0.3) is 5.91 Å². The van der Waals surface area contributed by atoms with Crippen LogP contribution in [0.3, 0.4) is 0 Å². The Labute approximate surface area is 178 Å². The zero-order valence-corrected chi connectivity index (χ0v) is 16.6. The van der Waals surface area contributed by atoms with Crippen molar-refractivity contribution in [3.8, 4) is 11.3 Å². The van der Waals surface area contributed by atoms with E-state index in [1.54, 1.807) is 18.3 Å². The summed E-state index contributed by atoms with van der Waals surface area (Å²) in [5.41, 5.74) is 6.19. The molecule has 2 aromatic carbocycles. The third-order valence-corrected chi connectivity index (χ3v) is 5.11. The number of rotatable bonds is 6. The van der Waals surface area contributed by atoms with Crippen molar-refractivity contribution >= 4 is 29.3 Å². The van der Waals surface area contributed by atoms with Crippen molar-refractivity contribution in [3.63, 3.8) is 0 Å². The Morgan fingerprint density at radius 2 is 2.03 bits per heavy atom. The number of hydrogen-bond donors (Lipinski definition) is 3. The number of anilines is 2. The molecule has 5 rings (SSSR count). The average molecular weight is 412 g/mol. The van der Waals surface area contributed by atoms with Crippen LogP contribution in [-0.2, 0) is 6.54 Å². The summed E-state index contributed by atoms with van der Waals surface area (Å²) in [6.45, 7) is 0.826. The van der Waals surface area contributed by atoms with E-state index in [1.807, 2.05) is 41.2 Å². The van der Waals surface area contributed by atoms with Crippen LogP contribution in [0.25, 0.3) is 16.9 Å². The number of amides is 1. The second-order valence-corrected chi connectivity index (χ2v) is 7.20. The van der Waals surface area contributed by atoms with Crippen LogP contribution in [0.2, 0.25) is 0 Å². The Balaban J connectivity index is 1.45. The molecule has 0 unspecified atom stereocenters. The summed E-state index contributed by atoms with van der Waals surface area (Å²) in [7, 11) is 0. The maximum absolute atomic E-state index is 12.0. The highest BCUT2D eigenvalue weighted by Crippen LogP contribution is 2.27. The molecule has 0 spiro atoms. The predicted octanol–water partition coefficient (Wildman–Crippen LogP) is 2.79. The number of imidazole rings is 1. The van der Waals surface area contributed by atoms with Gasteiger partial charge in [0.2, 0.25) is 0 Å². The van der Waals surface area contributed by atoms with Gasteiger partial charge in [0.1, 0.15) is 0 Å². The molecule has 0 bridgehead atoms. The van der Waals surface area contributed by atoms with Gasteiger partial charge in [-0.15, -0.1) is 0 Å². The molecule has 154 valence electrons. The number of aromatic nitrogens is 3. The Bertz CT molecular complexity index is 1290. The van der Waals surface area contributed by atoms with Crippen LogP contribution in [0.5, 0.6) is 0 Å². The summed E-state index contributed by atoms with van der Waals surface area (Å²) in [5, 5.41) is 14.8. The summed E-state index contributed by atoms with van der Waals surface area (Å²) >= 11 is 0. The van der Waals surface area contributed by atoms with E-state index in [0.29, 0.717) is 23.6 Å². The van der Waals surface area contributed by atoms with Gasteiger partial charge in [-0.2, -0.15) is 0 Å². The SMILES string of the molecule is O=C(NCCO)c1ccc(Nc2nc(-c3ccc4c(c3)CN=C4)cn3ccnc23)cc1. The number of benzene rings is 2. The maximum Gasteiger partial charge on any atom is 0.251 e. The lowest BCUT2D eigenvalue weighted by Gasteiger charge is -2.11. The lowest BCUT2D eigenvalue weighted by atomic mass is 10.0. The number of hydrogen-bond acceptors (Lipinski definition) is 6. The third-order valence-electron chi connectivity index (χ3n) is 5.11. The summed E-state index contributed by atoms with van der Waals surface area (Å²) in [6.07, 6.45) is 7.47. The summed E-state index contributed by atoms with van der Waals surface area (Å²) in [5.74, 6) is 0.397. The van der Waals surface area contributed by atoms with Gasteiger partial charge in [0.15, 0.2) is 11.5 Å². The van der Waals surface area contributed by atoms with Crippen LogP contribution >= 0.6 is 0 Å². The Hall–Kier alpha value is -4.04. The average Bonchev–Trinajstić information content (AvgIpc) is 3.46. The van der Waals surface area contributed by atoms with Gasteiger partial charge in [-0.25, -0.2) is 9.97 Å². The first kappa shape index (κ1) is 19.0. The number of nitrogens with one attached hydrogen (secondary N) is 2. The monoisotopic (exact) mass is 412 g/mol. The second-order valence-electron chi connectivity index (χ2n) is 7.20. The van der Waals surface area contributed by atoms with E-state index in [1.165, 1.54) is 5.56 Å². The van der Waals surface area contributed by atoms with Crippen molar-refractivity contribution in [2.45, 2.75) is 6.54 Å². The molecule has 4 aromatic rings. The third kappa shape index (κ3) is 3.76. The van der Waals surface area contributed by atoms with E-state index in [-0.39, 0.29) is 19.1 Å². The highest BCUT2D eigenvalue weighted by molar-refractivity contribution is 5.94. The number of aliphatic imine (C=N–C) groups is 1. The first-order valence-corrected chi connectivity index (χ1v) is 9.94. The minimum atomic E-state index is -0.225. The molecule has 1 amide bonds. The van der Waals surface area contributed by atoms with Crippen molar-refractivity contribution < 1.29 is 9.90 Å². The van der Waals surface area contributed by atoms with Crippen molar-refractivity contribution in [1.82, 2.24) is 19.7 Å². The molecule has 1 aliphatic heterocycles. The van der Waals surface area contributed by atoms with Crippen molar-refractivity contribution in [3.05, 3.63) is 77.7 Å². The Morgan fingerprint density at radius 1 is 1.16 bits per heavy atom. The molecule has 3 N–H and O–H groups in total. The fourth-order valence-corrected chi connectivity index (χ4v) is 3.54. The van der Waals surface area contributed by atoms with Crippen LogP contribution < -0.4 is 10.6 Å². The first-order chi connectivity index (χ1) is 15.2. The van der Waals surface area contributed by atoms with E-state index >= 15 is 0 Å². The molecule has 0 aliphatic carbocycles. The van der Waals surface area contributed by atoms with Crippen LogP contribution in [0, 0.1) is 0 Å². The quantitative estimate of drug-likeness (QED) is 0.452. The van der Waals surface area contributed by atoms with Gasteiger partial charge in [-0.3, -0.25) is 9.79 Å². The molecule has 31 heavy (non-hydrogen) atoms. The maximum atomic E-state index is 12.0. The number of fused-ring (bicyclic) bond motifs is 2. The molecule has 8 heteroatoms. The van der Waals surface area contributed by atoms with Gasteiger partial charge in [0.05, 0.1) is 18.8 Å². The topological polar surface area (TPSA) is 104 Å². The highest BCUT2D eigenvalue weighted by Gasteiger charge is 2.13. The summed E-state index contributed by atoms with van der Waals surface area (Å²) in [4.78, 5) is 25.6. The van der Waals surface area contributed by atoms with Crippen molar-refractivity contribution in [1.29, 1.82) is 0 Å². The molecule has 8 nitrogen and oxygen atoms in total. The van der Waals surface area contributed by atoms with Gasteiger partial charge in [-0.05, 0) is 41.5 Å². The van der Waals surface area contributed by atoms with Crippen LogP contribution in [0.1, 0.15) is 21.5 Å². The molecule has 0 atom stereocenters. The van der Waals surface area contributed by atoms with Crippen LogP contribution in [-0.4, -0.2) is 44.7 Å². The molecule has 0 radical (unpaired) electrons. The van der Waals surface area contributed by atoms with Gasteiger partial charge in [-0.1, -0.05) is 12.1 Å². The molecule has 0 fully saturated rings. The number of nitrogens with zero attached hydrogens (tertiary/aromatic N) is 4. The summed E-state index contributed by atoms with van der Waals surface area (Å²) < 4.78 is 1.94. The molecule has 3 heterocycles. The van der Waals surface area contributed by atoms with Crippen LogP contribution in [0.15, 0.2) is 66.0 Å². The first-order valence-electron chi connectivity index (χ1n) is 9.94. The van der Waals surface area contributed by atoms with Crippen LogP contribution in [0.4, 0.5) is 11.5 Å². The zero-order valence-electron chi connectivity index (χ0n) is 16.6. The Morgan fingerprint density at radius 3 is 2.87 bits per heavy atom. The smallest absolute Gasteiger partial charge is 0.251 e. The second kappa shape index (κ2) is 8.00. The largest absolute Gasteiger partial charge is 0.395 e. The fraction of sp³-hybridized carbons (Fsp3) is 0.130. The van der Waals surface area contributed by atoms with Crippen molar-refractivity contribution in [2.75, 3.05) is 18.5 Å². The fourth-order valence-electron chi connectivity index (χ4n) is 3.54. The van der Waals surface area contributed by atoms with E-state index in [2.05, 4.69) is 32.7 Å². The minimum absolute atomic E-state index is 0.0923. The Kier molecular flexibility index (Phi) is 4.89. The van der Waals surface area contributed by atoms with Gasteiger partial charge in [0, 0.05) is 48.2 Å². The molecular weight excluding hydrogens is 392 g/mol. The zero-order chi connectivity index (χ0) is 21.2. The van der Waals surface area contributed by atoms with E-state index < -0.39 is 0 Å². The lowest BCUT2D eigenvalue weighted by Crippen LogP contribution is -2.26. The molecule has 1 aliphatic rings. The highest BCUT2D eigenvalue weighted by atomic mass is 16.3. The molecule has 2 aromatic heterocycles. The standard InChI is InChI=1S/C23H20N6O2/c30-10-8-26-23(31)15-3-5-19(6-4-15)27-21-22-25-7-9-29(22)14-20(28-21)16-1-2-17-12-24-13-18(17)11-16/h1-7,9,11-12,14,30H,8,10,13H2,(H,26,31)(H,27,28). The van der Waals surface area contributed by atoms with E-state index in [0.717, 1.165) is 22.5 Å². The molecule has 0 saturated heterocycles. The number of carbonyl (C=O) groups excluding carboxylic acids is 1. The number of carbonyl (C=O) groups is 1. The number of aliphatic hydroxyl groups excluding tert-OH is 1. The minimum Gasteiger partial charge on any atom is -0.395 e. The normalized spacial score (nSPS) is 12.2. The number of aliphatic hydroxyl groups is 1. The predicted molar refractivity (Wildman–Crippen MR) is 119 cm³/mol. The molecular formula is C23H20N6O2. The van der Waals surface area contributed by atoms with Crippen molar-refractivity contribution in [2.24, 2.45) is 4.99 Å². The van der Waals surface area contributed by atoms with Gasteiger partial charge >= 0.3 is 0 Å². The van der Waals surface area contributed by atoms with E-state index in [4.69, 9.17) is 10.1 Å². The lowest BCUT2D eigenvalue weighted by molar-refractivity contribution is 0.0945. The van der Waals surface area contributed by atoms with Gasteiger partial charge < -0.3 is 20.1 Å². The molecule has 0 saturated carbocycles. The summed E-state index contributed by atoms with van der Waals surface area (Å²) in [6, 6.07) is 13.3. The van der Waals surface area contributed by atoms with E-state index in [9.17, 15) is 4.79 Å².